The fourth-order valence-electron chi connectivity index (χ4n) is 2.70. The molecule has 0 heterocycles. The van der Waals surface area contributed by atoms with E-state index >= 15 is 0 Å². The Kier molecular flexibility index (Phi) is 9.91. The molecule has 184 valence electrons. The predicted octanol–water partition coefficient (Wildman–Crippen LogP) is 5.13. The van der Waals surface area contributed by atoms with Crippen LogP contribution in [0, 0.1) is 0 Å². The van der Waals surface area contributed by atoms with Gasteiger partial charge < -0.3 is 18.9 Å². The molecule has 2 rings (SSSR count). The molecule has 34 heavy (non-hydrogen) atoms. The van der Waals surface area contributed by atoms with Crippen LogP contribution in [0.5, 0.6) is 11.5 Å². The zero-order valence-corrected chi connectivity index (χ0v) is 18.7. The SMILES string of the molecule is CCCCCOc1ccc(OC(=O)c2ccc(C(=O)OC(C(=O)OCC)C(F)(F)F)cc2)cc1. The Balaban J connectivity index is 1.97. The summed E-state index contributed by atoms with van der Waals surface area (Å²) in [5.74, 6) is -2.96. The molecule has 0 spiro atoms. The molecule has 0 aliphatic heterocycles. The highest BCUT2D eigenvalue weighted by Gasteiger charge is 2.49. The molecule has 2 aromatic rings. The van der Waals surface area contributed by atoms with Gasteiger partial charge in [0, 0.05) is 0 Å². The van der Waals surface area contributed by atoms with E-state index in [1.54, 1.807) is 24.3 Å². The quantitative estimate of drug-likeness (QED) is 0.249. The van der Waals surface area contributed by atoms with Gasteiger partial charge in [-0.1, -0.05) is 19.8 Å². The highest BCUT2D eigenvalue weighted by Crippen LogP contribution is 2.25. The molecule has 0 radical (unpaired) electrons. The molecule has 0 bridgehead atoms. The second kappa shape index (κ2) is 12.6. The topological polar surface area (TPSA) is 88.1 Å². The van der Waals surface area contributed by atoms with Crippen LogP contribution in [0.4, 0.5) is 13.2 Å². The van der Waals surface area contributed by atoms with Crippen LogP contribution in [-0.2, 0) is 14.3 Å². The normalized spacial score (nSPS) is 11.9. The molecule has 1 unspecified atom stereocenters. The third-order valence-corrected chi connectivity index (χ3v) is 4.43. The van der Waals surface area contributed by atoms with Crippen molar-refractivity contribution in [3.63, 3.8) is 0 Å². The van der Waals surface area contributed by atoms with Crippen molar-refractivity contribution in [2.75, 3.05) is 13.2 Å². The summed E-state index contributed by atoms with van der Waals surface area (Å²) in [4.78, 5) is 35.9. The molecule has 0 aliphatic carbocycles. The summed E-state index contributed by atoms with van der Waals surface area (Å²) in [5.41, 5.74) is -0.242. The third-order valence-electron chi connectivity index (χ3n) is 4.43. The molecular weight excluding hydrogens is 457 g/mol. The predicted molar refractivity (Wildman–Crippen MR) is 115 cm³/mol. The molecule has 1 atom stereocenters. The Morgan fingerprint density at radius 1 is 0.824 bits per heavy atom. The molecule has 0 amide bonds. The van der Waals surface area contributed by atoms with E-state index in [9.17, 15) is 27.6 Å². The van der Waals surface area contributed by atoms with E-state index in [1.807, 2.05) is 0 Å². The van der Waals surface area contributed by atoms with E-state index in [0.717, 1.165) is 31.4 Å². The fourth-order valence-corrected chi connectivity index (χ4v) is 2.70. The second-order valence-electron chi connectivity index (χ2n) is 7.07. The van der Waals surface area contributed by atoms with Gasteiger partial charge in [0.15, 0.2) is 0 Å². The number of esters is 3. The lowest BCUT2D eigenvalue weighted by Crippen LogP contribution is -2.41. The Morgan fingerprint density at radius 2 is 1.38 bits per heavy atom. The van der Waals surface area contributed by atoms with Gasteiger partial charge in [-0.3, -0.25) is 0 Å². The van der Waals surface area contributed by atoms with Gasteiger partial charge in [0.1, 0.15) is 11.5 Å². The summed E-state index contributed by atoms with van der Waals surface area (Å²) in [7, 11) is 0. The molecule has 0 saturated carbocycles. The van der Waals surface area contributed by atoms with Crippen molar-refractivity contribution in [2.45, 2.75) is 45.4 Å². The van der Waals surface area contributed by atoms with Gasteiger partial charge in [0.25, 0.3) is 6.10 Å². The van der Waals surface area contributed by atoms with Crippen molar-refractivity contribution in [1.29, 1.82) is 0 Å². The van der Waals surface area contributed by atoms with Crippen LogP contribution in [0.15, 0.2) is 48.5 Å². The van der Waals surface area contributed by atoms with Crippen LogP contribution in [0.1, 0.15) is 53.8 Å². The maximum atomic E-state index is 13.0. The van der Waals surface area contributed by atoms with Crippen LogP contribution in [0.3, 0.4) is 0 Å². The van der Waals surface area contributed by atoms with Crippen LogP contribution in [0.25, 0.3) is 0 Å². The first-order valence-electron chi connectivity index (χ1n) is 10.6. The Hall–Kier alpha value is -3.56. The van der Waals surface area contributed by atoms with Gasteiger partial charge in [-0.05, 0) is 61.9 Å². The maximum Gasteiger partial charge on any atom is 0.436 e. The number of carbonyl (C=O) groups is 3. The lowest BCUT2D eigenvalue weighted by Gasteiger charge is -2.18. The lowest BCUT2D eigenvalue weighted by molar-refractivity contribution is -0.218. The molecule has 0 aliphatic rings. The fraction of sp³-hybridized carbons (Fsp3) is 0.375. The van der Waals surface area contributed by atoms with Gasteiger partial charge in [-0.2, -0.15) is 13.2 Å². The summed E-state index contributed by atoms with van der Waals surface area (Å²) >= 11 is 0. The van der Waals surface area contributed by atoms with Crippen molar-refractivity contribution in [2.24, 2.45) is 0 Å². The summed E-state index contributed by atoms with van der Waals surface area (Å²) in [6, 6.07) is 11.0. The number of benzene rings is 2. The van der Waals surface area contributed by atoms with E-state index in [2.05, 4.69) is 16.4 Å². The molecule has 0 N–H and O–H groups in total. The smallest absolute Gasteiger partial charge is 0.436 e. The Morgan fingerprint density at radius 3 is 1.91 bits per heavy atom. The van der Waals surface area contributed by atoms with Crippen LogP contribution >= 0.6 is 0 Å². The van der Waals surface area contributed by atoms with E-state index in [-0.39, 0.29) is 23.5 Å². The van der Waals surface area contributed by atoms with Crippen molar-refractivity contribution in [1.82, 2.24) is 0 Å². The first kappa shape index (κ1) is 26.7. The zero-order chi connectivity index (χ0) is 25.1. The third kappa shape index (κ3) is 8.09. The van der Waals surface area contributed by atoms with E-state index < -0.39 is 30.2 Å². The second-order valence-corrected chi connectivity index (χ2v) is 7.07. The van der Waals surface area contributed by atoms with Crippen molar-refractivity contribution in [3.8, 4) is 11.5 Å². The first-order valence-corrected chi connectivity index (χ1v) is 10.6. The molecule has 0 fully saturated rings. The largest absolute Gasteiger partial charge is 0.494 e. The van der Waals surface area contributed by atoms with E-state index in [1.165, 1.54) is 19.1 Å². The van der Waals surface area contributed by atoms with Crippen LogP contribution in [0.2, 0.25) is 0 Å². The molecule has 0 saturated heterocycles. The number of rotatable bonds is 11. The van der Waals surface area contributed by atoms with Crippen molar-refractivity contribution >= 4 is 17.9 Å². The Labute approximate surface area is 194 Å². The van der Waals surface area contributed by atoms with Crippen LogP contribution in [-0.4, -0.2) is 43.4 Å². The first-order chi connectivity index (χ1) is 16.2. The van der Waals surface area contributed by atoms with Crippen molar-refractivity contribution < 1.29 is 46.5 Å². The molecule has 7 nitrogen and oxygen atoms in total. The number of hydrogen-bond acceptors (Lipinski definition) is 7. The number of ether oxygens (including phenoxy) is 4. The monoisotopic (exact) mass is 482 g/mol. The van der Waals surface area contributed by atoms with Crippen molar-refractivity contribution in [3.05, 3.63) is 59.7 Å². The molecule has 2 aromatic carbocycles. The number of hydrogen-bond donors (Lipinski definition) is 0. The van der Waals surface area contributed by atoms with Gasteiger partial charge in [-0.15, -0.1) is 0 Å². The van der Waals surface area contributed by atoms with Gasteiger partial charge in [0.2, 0.25) is 0 Å². The molecule has 0 aromatic heterocycles. The summed E-state index contributed by atoms with van der Waals surface area (Å²) in [5, 5.41) is 0. The highest BCUT2D eigenvalue weighted by atomic mass is 19.4. The number of unbranched alkanes of at least 4 members (excludes halogenated alkanes) is 2. The minimum Gasteiger partial charge on any atom is -0.494 e. The average molecular weight is 482 g/mol. The van der Waals surface area contributed by atoms with Gasteiger partial charge >= 0.3 is 24.1 Å². The average Bonchev–Trinajstić information content (AvgIpc) is 2.80. The lowest BCUT2D eigenvalue weighted by atomic mass is 10.1. The standard InChI is InChI=1S/C24H25F3O7/c1-3-5-6-15-32-18-11-13-19(14-12-18)33-21(28)16-7-9-17(10-8-16)22(29)34-20(24(25,26)27)23(30)31-4-2/h7-14,20H,3-6,15H2,1-2H3. The maximum absolute atomic E-state index is 13.0. The summed E-state index contributed by atoms with van der Waals surface area (Å²) in [6.07, 6.45) is -5.09. The van der Waals surface area contributed by atoms with E-state index in [4.69, 9.17) is 9.47 Å². The van der Waals surface area contributed by atoms with E-state index in [0.29, 0.717) is 12.4 Å². The van der Waals surface area contributed by atoms with Gasteiger partial charge in [0.05, 0.1) is 24.3 Å². The van der Waals surface area contributed by atoms with Crippen LogP contribution < -0.4 is 9.47 Å². The Bertz CT molecular complexity index is 954. The number of halogens is 3. The summed E-state index contributed by atoms with van der Waals surface area (Å²) in [6.45, 7) is 3.69. The minimum atomic E-state index is -5.14. The summed E-state index contributed by atoms with van der Waals surface area (Å²) < 4.78 is 58.5. The zero-order valence-electron chi connectivity index (χ0n) is 18.7. The number of alkyl halides is 3. The number of carbonyl (C=O) groups excluding carboxylic acids is 3. The minimum absolute atomic E-state index is 0.0502. The van der Waals surface area contributed by atoms with Gasteiger partial charge in [-0.25, -0.2) is 14.4 Å². The molecule has 10 heteroatoms. The molecular formula is C24H25F3O7. The highest BCUT2D eigenvalue weighted by molar-refractivity contribution is 5.95.